The third kappa shape index (κ3) is 3.79. The fraction of sp³-hybridized carbons (Fsp3) is 0.500. The van der Waals surface area contributed by atoms with Crippen LogP contribution in [0.15, 0.2) is 18.2 Å². The number of halogens is 1. The lowest BCUT2D eigenvalue weighted by Gasteiger charge is -2.10. The molecule has 0 spiro atoms. The predicted octanol–water partition coefficient (Wildman–Crippen LogP) is 2.09. The summed E-state index contributed by atoms with van der Waals surface area (Å²) in [6.45, 7) is 3.96. The molecule has 90 valence electrons. The van der Waals surface area contributed by atoms with E-state index in [2.05, 4.69) is 0 Å². The van der Waals surface area contributed by atoms with E-state index < -0.39 is 0 Å². The average Bonchev–Trinajstić information content (AvgIpc) is 2.29. The molecule has 0 radical (unpaired) electrons. The second kappa shape index (κ2) is 7.19. The van der Waals surface area contributed by atoms with Crippen molar-refractivity contribution in [3.63, 3.8) is 0 Å². The van der Waals surface area contributed by atoms with Gasteiger partial charge in [-0.3, -0.25) is 0 Å². The molecular weight excluding hydrogens is 209 g/mol. The third-order valence-electron chi connectivity index (χ3n) is 2.17. The summed E-state index contributed by atoms with van der Waals surface area (Å²) in [7, 11) is 0. The maximum absolute atomic E-state index is 13.3. The minimum atomic E-state index is -0.315. The summed E-state index contributed by atoms with van der Waals surface area (Å²) < 4.78 is 23.9. The quantitative estimate of drug-likeness (QED) is 0.725. The van der Waals surface area contributed by atoms with Crippen LogP contribution in [0.3, 0.4) is 0 Å². The van der Waals surface area contributed by atoms with Crippen LogP contribution in [0, 0.1) is 5.82 Å². The molecule has 1 aromatic rings. The summed E-state index contributed by atoms with van der Waals surface area (Å²) in [5.41, 5.74) is 5.89. The highest BCUT2D eigenvalue weighted by Gasteiger charge is 2.07. The highest BCUT2D eigenvalue weighted by molar-refractivity contribution is 5.34. The first-order chi connectivity index (χ1) is 7.79. The van der Waals surface area contributed by atoms with Gasteiger partial charge < -0.3 is 15.2 Å². The van der Waals surface area contributed by atoms with Gasteiger partial charge >= 0.3 is 0 Å². The van der Waals surface area contributed by atoms with Gasteiger partial charge in [-0.2, -0.15) is 0 Å². The van der Waals surface area contributed by atoms with Crippen molar-refractivity contribution in [2.75, 3.05) is 19.8 Å². The molecule has 0 atom stereocenters. The zero-order valence-electron chi connectivity index (χ0n) is 9.54. The van der Waals surface area contributed by atoms with E-state index in [9.17, 15) is 4.39 Å². The van der Waals surface area contributed by atoms with Gasteiger partial charge in [0.2, 0.25) is 0 Å². The van der Waals surface area contributed by atoms with E-state index in [1.807, 2.05) is 6.92 Å². The SMILES string of the molecule is CCOCCCOc1cccc(F)c1CN. The normalized spacial score (nSPS) is 10.4. The molecular formula is C12H18FNO2. The predicted molar refractivity (Wildman–Crippen MR) is 60.9 cm³/mol. The first-order valence-corrected chi connectivity index (χ1v) is 5.47. The second-order valence-electron chi connectivity index (χ2n) is 3.32. The molecule has 0 aromatic heterocycles. The van der Waals surface area contributed by atoms with Gasteiger partial charge in [0.05, 0.1) is 6.61 Å². The molecule has 0 saturated heterocycles. The minimum absolute atomic E-state index is 0.146. The molecule has 0 aliphatic heterocycles. The Kier molecular flexibility index (Phi) is 5.82. The lowest BCUT2D eigenvalue weighted by molar-refractivity contribution is 0.130. The Morgan fingerprint density at radius 2 is 2.12 bits per heavy atom. The Morgan fingerprint density at radius 1 is 1.31 bits per heavy atom. The molecule has 0 heterocycles. The number of hydrogen-bond acceptors (Lipinski definition) is 3. The van der Waals surface area contributed by atoms with Gasteiger partial charge in [0.25, 0.3) is 0 Å². The molecule has 1 rings (SSSR count). The van der Waals surface area contributed by atoms with E-state index in [4.69, 9.17) is 15.2 Å². The number of ether oxygens (including phenoxy) is 2. The molecule has 4 heteroatoms. The number of rotatable bonds is 7. The minimum Gasteiger partial charge on any atom is -0.493 e. The summed E-state index contributed by atoms with van der Waals surface area (Å²) >= 11 is 0. The summed E-state index contributed by atoms with van der Waals surface area (Å²) in [4.78, 5) is 0. The molecule has 0 saturated carbocycles. The number of benzene rings is 1. The van der Waals surface area contributed by atoms with Crippen molar-refractivity contribution in [1.82, 2.24) is 0 Å². The van der Waals surface area contributed by atoms with Gasteiger partial charge in [-0.05, 0) is 19.1 Å². The second-order valence-corrected chi connectivity index (χ2v) is 3.32. The Balaban J connectivity index is 2.44. The van der Waals surface area contributed by atoms with Gasteiger partial charge in [-0.15, -0.1) is 0 Å². The summed E-state index contributed by atoms with van der Waals surface area (Å²) in [5.74, 6) is 0.212. The molecule has 0 amide bonds. The first kappa shape index (κ1) is 12.9. The molecule has 16 heavy (non-hydrogen) atoms. The topological polar surface area (TPSA) is 44.5 Å². The Hall–Kier alpha value is -1.13. The van der Waals surface area contributed by atoms with Crippen LogP contribution < -0.4 is 10.5 Å². The van der Waals surface area contributed by atoms with Crippen LogP contribution in [0.4, 0.5) is 4.39 Å². The van der Waals surface area contributed by atoms with Crippen molar-refractivity contribution in [3.8, 4) is 5.75 Å². The smallest absolute Gasteiger partial charge is 0.131 e. The first-order valence-electron chi connectivity index (χ1n) is 5.47. The van der Waals surface area contributed by atoms with Gasteiger partial charge in [0, 0.05) is 31.7 Å². The maximum Gasteiger partial charge on any atom is 0.131 e. The molecule has 0 aliphatic carbocycles. The van der Waals surface area contributed by atoms with Gasteiger partial charge in [0.15, 0.2) is 0 Å². The lowest BCUT2D eigenvalue weighted by atomic mass is 10.2. The van der Waals surface area contributed by atoms with Crippen molar-refractivity contribution in [1.29, 1.82) is 0 Å². The molecule has 0 fully saturated rings. The largest absolute Gasteiger partial charge is 0.493 e. The zero-order valence-corrected chi connectivity index (χ0v) is 9.54. The van der Waals surface area contributed by atoms with E-state index in [0.29, 0.717) is 31.1 Å². The molecule has 0 unspecified atom stereocenters. The Morgan fingerprint density at radius 3 is 2.81 bits per heavy atom. The van der Waals surface area contributed by atoms with Crippen molar-refractivity contribution >= 4 is 0 Å². The van der Waals surface area contributed by atoms with Crippen molar-refractivity contribution in [2.45, 2.75) is 19.9 Å². The Bertz CT molecular complexity index is 318. The van der Waals surface area contributed by atoms with Crippen LogP contribution in [0.1, 0.15) is 18.9 Å². The average molecular weight is 227 g/mol. The van der Waals surface area contributed by atoms with Crippen LogP contribution in [0.25, 0.3) is 0 Å². The number of hydrogen-bond donors (Lipinski definition) is 1. The molecule has 1 aromatic carbocycles. The van der Waals surface area contributed by atoms with Crippen molar-refractivity contribution in [3.05, 3.63) is 29.6 Å². The van der Waals surface area contributed by atoms with E-state index >= 15 is 0 Å². The standard InChI is InChI=1S/C12H18FNO2/c1-2-15-7-4-8-16-12-6-3-5-11(13)10(12)9-14/h3,5-6H,2,4,7-9,14H2,1H3. The monoisotopic (exact) mass is 227 g/mol. The van der Waals surface area contributed by atoms with E-state index in [0.717, 1.165) is 6.42 Å². The van der Waals surface area contributed by atoms with E-state index in [1.54, 1.807) is 12.1 Å². The fourth-order valence-electron chi connectivity index (χ4n) is 1.36. The highest BCUT2D eigenvalue weighted by Crippen LogP contribution is 2.20. The van der Waals surface area contributed by atoms with Crippen LogP contribution >= 0.6 is 0 Å². The zero-order chi connectivity index (χ0) is 11.8. The summed E-state index contributed by atoms with van der Waals surface area (Å²) in [6, 6.07) is 4.73. The van der Waals surface area contributed by atoms with Crippen LogP contribution in [-0.2, 0) is 11.3 Å². The molecule has 2 N–H and O–H groups in total. The van der Waals surface area contributed by atoms with Gasteiger partial charge in [-0.25, -0.2) is 4.39 Å². The van der Waals surface area contributed by atoms with Crippen LogP contribution in [0.5, 0.6) is 5.75 Å². The lowest BCUT2D eigenvalue weighted by Crippen LogP contribution is -2.07. The maximum atomic E-state index is 13.3. The highest BCUT2D eigenvalue weighted by atomic mass is 19.1. The van der Waals surface area contributed by atoms with Gasteiger partial charge in [-0.1, -0.05) is 6.07 Å². The third-order valence-corrected chi connectivity index (χ3v) is 2.17. The molecule has 0 aliphatic rings. The van der Waals surface area contributed by atoms with Crippen LogP contribution in [0.2, 0.25) is 0 Å². The van der Waals surface area contributed by atoms with Gasteiger partial charge in [0.1, 0.15) is 11.6 Å². The molecule has 0 bridgehead atoms. The van der Waals surface area contributed by atoms with E-state index in [-0.39, 0.29) is 12.4 Å². The summed E-state index contributed by atoms with van der Waals surface area (Å²) in [5, 5.41) is 0. The van der Waals surface area contributed by atoms with Crippen molar-refractivity contribution in [2.24, 2.45) is 5.73 Å². The van der Waals surface area contributed by atoms with Crippen molar-refractivity contribution < 1.29 is 13.9 Å². The van der Waals surface area contributed by atoms with E-state index in [1.165, 1.54) is 6.07 Å². The number of nitrogens with two attached hydrogens (primary N) is 1. The fourth-order valence-corrected chi connectivity index (χ4v) is 1.36. The summed E-state index contributed by atoms with van der Waals surface area (Å²) in [6.07, 6.45) is 0.786. The van der Waals surface area contributed by atoms with Crippen LogP contribution in [-0.4, -0.2) is 19.8 Å². The Labute approximate surface area is 95.4 Å². The molecule has 3 nitrogen and oxygen atoms in total.